The summed E-state index contributed by atoms with van der Waals surface area (Å²) < 4.78 is 7.40. The Kier molecular flexibility index (Phi) is 5.74. The normalized spacial score (nSPS) is 19.2. The number of fused-ring (bicyclic) bond motifs is 1. The van der Waals surface area contributed by atoms with Crippen LogP contribution in [-0.4, -0.2) is 66.3 Å². The van der Waals surface area contributed by atoms with E-state index in [-0.39, 0.29) is 6.09 Å². The highest BCUT2D eigenvalue weighted by Crippen LogP contribution is 2.44. The topological polar surface area (TPSA) is 37.7 Å². The maximum absolute atomic E-state index is 12.8. The van der Waals surface area contributed by atoms with E-state index in [9.17, 15) is 4.79 Å². The summed E-state index contributed by atoms with van der Waals surface area (Å²) in [4.78, 5) is 17.6. The zero-order chi connectivity index (χ0) is 19.6. The van der Waals surface area contributed by atoms with Gasteiger partial charge >= 0.3 is 6.09 Å². The predicted octanol–water partition coefficient (Wildman–Crippen LogP) is 4.14. The van der Waals surface area contributed by atoms with Crippen molar-refractivity contribution < 1.29 is 9.53 Å². The van der Waals surface area contributed by atoms with Gasteiger partial charge in [0.15, 0.2) is 0 Å². The molecule has 2 heterocycles. The molecule has 0 unspecified atom stereocenters. The number of para-hydroxylation sites is 1. The van der Waals surface area contributed by atoms with E-state index in [1.54, 1.807) is 4.57 Å². The molecule has 1 aliphatic heterocycles. The molecule has 0 atom stereocenters. The minimum absolute atomic E-state index is 0.257. The van der Waals surface area contributed by atoms with Crippen LogP contribution in [0.2, 0.25) is 0 Å². The largest absolute Gasteiger partial charge is 0.448 e. The first kappa shape index (κ1) is 19.5. The number of likely N-dealkylation sites (tertiary alicyclic amines) is 1. The second-order valence-electron chi connectivity index (χ2n) is 8.73. The van der Waals surface area contributed by atoms with E-state index < -0.39 is 0 Å². The molecular weight excluding hydrogens is 350 g/mol. The van der Waals surface area contributed by atoms with E-state index in [1.165, 1.54) is 44.1 Å². The van der Waals surface area contributed by atoms with E-state index >= 15 is 0 Å². The molecule has 1 saturated heterocycles. The molecule has 1 saturated carbocycles. The second-order valence-corrected chi connectivity index (χ2v) is 8.73. The highest BCUT2D eigenvalue weighted by Gasteiger charge is 2.43. The second kappa shape index (κ2) is 8.26. The molecule has 4 rings (SSSR count). The molecule has 5 heteroatoms. The highest BCUT2D eigenvalue weighted by molar-refractivity contribution is 5.91. The smallest absolute Gasteiger partial charge is 0.418 e. The van der Waals surface area contributed by atoms with Crippen molar-refractivity contribution in [2.45, 2.75) is 50.5 Å². The zero-order valence-corrected chi connectivity index (χ0v) is 17.3. The van der Waals surface area contributed by atoms with E-state index in [0.717, 1.165) is 37.0 Å². The summed E-state index contributed by atoms with van der Waals surface area (Å²) in [6.07, 6.45) is 10.5. The summed E-state index contributed by atoms with van der Waals surface area (Å²) in [5, 5.41) is 1.14. The van der Waals surface area contributed by atoms with Gasteiger partial charge in [-0.2, -0.15) is 0 Å². The van der Waals surface area contributed by atoms with Gasteiger partial charge in [-0.3, -0.25) is 9.47 Å². The number of piperidine rings is 1. The van der Waals surface area contributed by atoms with Crippen molar-refractivity contribution in [1.29, 1.82) is 0 Å². The summed E-state index contributed by atoms with van der Waals surface area (Å²) >= 11 is 0. The van der Waals surface area contributed by atoms with Crippen molar-refractivity contribution in [3.63, 3.8) is 0 Å². The van der Waals surface area contributed by atoms with Crippen LogP contribution in [0.25, 0.3) is 10.9 Å². The van der Waals surface area contributed by atoms with Crippen molar-refractivity contribution in [2.75, 3.05) is 40.3 Å². The number of carbonyl (C=O) groups is 1. The molecule has 5 nitrogen and oxygen atoms in total. The van der Waals surface area contributed by atoms with Gasteiger partial charge in [-0.1, -0.05) is 24.6 Å². The van der Waals surface area contributed by atoms with Crippen LogP contribution in [0.5, 0.6) is 0 Å². The number of hydrogen-bond acceptors (Lipinski definition) is 4. The van der Waals surface area contributed by atoms with Crippen LogP contribution < -0.4 is 0 Å². The Morgan fingerprint density at radius 3 is 2.68 bits per heavy atom. The highest BCUT2D eigenvalue weighted by atomic mass is 16.5. The fraction of sp³-hybridized carbons (Fsp3) is 0.609. The van der Waals surface area contributed by atoms with Gasteiger partial charge in [-0.05, 0) is 70.8 Å². The van der Waals surface area contributed by atoms with Gasteiger partial charge < -0.3 is 9.64 Å². The van der Waals surface area contributed by atoms with Crippen LogP contribution in [0, 0.1) is 0 Å². The van der Waals surface area contributed by atoms with Gasteiger partial charge in [0.2, 0.25) is 0 Å². The molecule has 1 spiro atoms. The molecule has 0 N–H and O–H groups in total. The number of carbonyl (C=O) groups excluding carboxylic acids is 1. The average molecular weight is 384 g/mol. The lowest BCUT2D eigenvalue weighted by Crippen LogP contribution is -2.57. The van der Waals surface area contributed by atoms with Crippen LogP contribution in [0.4, 0.5) is 4.79 Å². The molecule has 2 fully saturated rings. The van der Waals surface area contributed by atoms with Gasteiger partial charge in [0, 0.05) is 30.2 Å². The van der Waals surface area contributed by atoms with Crippen molar-refractivity contribution in [3.8, 4) is 0 Å². The maximum Gasteiger partial charge on any atom is 0.418 e. The van der Waals surface area contributed by atoms with Crippen molar-refractivity contribution in [3.05, 3.63) is 36.0 Å². The lowest BCUT2D eigenvalue weighted by molar-refractivity contribution is -0.0265. The lowest BCUT2D eigenvalue weighted by Gasteiger charge is -2.53. The Morgan fingerprint density at radius 1 is 1.14 bits per heavy atom. The predicted molar refractivity (Wildman–Crippen MR) is 113 cm³/mol. The third-order valence-electron chi connectivity index (χ3n) is 6.68. The minimum atomic E-state index is -0.257. The molecule has 1 aromatic heterocycles. The fourth-order valence-corrected chi connectivity index (χ4v) is 4.91. The van der Waals surface area contributed by atoms with Gasteiger partial charge in [-0.15, -0.1) is 0 Å². The summed E-state index contributed by atoms with van der Waals surface area (Å²) in [6, 6.07) is 8.11. The number of aromatic nitrogens is 1. The molecule has 1 aliphatic carbocycles. The molecular formula is C23H33N3O2. The Labute approximate surface area is 168 Å². The first-order chi connectivity index (χ1) is 13.6. The summed E-state index contributed by atoms with van der Waals surface area (Å²) in [6.45, 7) is 3.44. The molecule has 2 aliphatic rings. The van der Waals surface area contributed by atoms with Gasteiger partial charge in [0.1, 0.15) is 6.61 Å². The van der Waals surface area contributed by atoms with E-state index in [2.05, 4.69) is 30.0 Å². The van der Waals surface area contributed by atoms with Crippen LogP contribution in [-0.2, 0) is 11.2 Å². The SMILES string of the molecule is CN(C)CCc1cn(C(=O)OCCN2CCCCC23CCC3)c2ccccc12. The van der Waals surface area contributed by atoms with Crippen LogP contribution in [0.3, 0.4) is 0 Å². The number of benzene rings is 1. The fourth-order valence-electron chi connectivity index (χ4n) is 4.91. The van der Waals surface area contributed by atoms with Gasteiger partial charge in [-0.25, -0.2) is 4.79 Å². The molecule has 0 radical (unpaired) electrons. The van der Waals surface area contributed by atoms with Crippen LogP contribution in [0.1, 0.15) is 44.1 Å². The molecule has 2 aromatic rings. The van der Waals surface area contributed by atoms with Crippen molar-refractivity contribution >= 4 is 17.0 Å². The van der Waals surface area contributed by atoms with Gasteiger partial charge in [0.25, 0.3) is 0 Å². The number of rotatable bonds is 6. The monoisotopic (exact) mass is 383 g/mol. The van der Waals surface area contributed by atoms with Crippen molar-refractivity contribution in [1.82, 2.24) is 14.4 Å². The third kappa shape index (κ3) is 3.83. The van der Waals surface area contributed by atoms with E-state index in [0.29, 0.717) is 12.1 Å². The maximum atomic E-state index is 12.8. The molecule has 0 bridgehead atoms. The molecule has 28 heavy (non-hydrogen) atoms. The van der Waals surface area contributed by atoms with Crippen molar-refractivity contribution in [2.24, 2.45) is 0 Å². The van der Waals surface area contributed by atoms with Crippen LogP contribution in [0.15, 0.2) is 30.5 Å². The Bertz CT molecular complexity index is 822. The summed E-state index contributed by atoms with van der Waals surface area (Å²) in [7, 11) is 4.14. The Hall–Kier alpha value is -1.85. The Balaban J connectivity index is 1.41. The zero-order valence-electron chi connectivity index (χ0n) is 17.3. The first-order valence-corrected chi connectivity index (χ1v) is 10.7. The molecule has 1 aromatic carbocycles. The number of hydrogen-bond donors (Lipinski definition) is 0. The average Bonchev–Trinajstić information content (AvgIpc) is 3.04. The quantitative estimate of drug-likeness (QED) is 0.751. The molecule has 152 valence electrons. The van der Waals surface area contributed by atoms with E-state index in [1.807, 2.05) is 24.4 Å². The summed E-state index contributed by atoms with van der Waals surface area (Å²) in [5.41, 5.74) is 2.56. The first-order valence-electron chi connectivity index (χ1n) is 10.7. The van der Waals surface area contributed by atoms with E-state index in [4.69, 9.17) is 4.74 Å². The molecule has 0 amide bonds. The Morgan fingerprint density at radius 2 is 1.93 bits per heavy atom. The number of nitrogens with zero attached hydrogens (tertiary/aromatic N) is 3. The summed E-state index contributed by atoms with van der Waals surface area (Å²) in [5.74, 6) is 0. The third-order valence-corrected chi connectivity index (χ3v) is 6.68. The minimum Gasteiger partial charge on any atom is -0.448 e. The number of likely N-dealkylation sites (N-methyl/N-ethyl adjacent to an activating group) is 1. The lowest BCUT2D eigenvalue weighted by atomic mass is 9.70. The standard InChI is InChI=1S/C23H33N3O2/c1-24(2)15-10-19-18-26(21-9-4-3-8-20(19)21)22(27)28-17-16-25-14-6-5-11-23(25)12-7-13-23/h3-4,8-9,18H,5-7,10-17H2,1-2H3. The van der Waals surface area contributed by atoms with Gasteiger partial charge in [0.05, 0.1) is 5.52 Å². The number of ether oxygens (including phenoxy) is 1. The van der Waals surface area contributed by atoms with Crippen LogP contribution >= 0.6 is 0 Å².